The minimum atomic E-state index is -0.438. The molecule has 0 aliphatic rings. The summed E-state index contributed by atoms with van der Waals surface area (Å²) in [6, 6.07) is 5.08. The smallest absolute Gasteiger partial charge is 0.336 e. The lowest BCUT2D eigenvalue weighted by Crippen LogP contribution is -2.34. The average molecular weight is 289 g/mol. The largest absolute Gasteiger partial charge is 0.469 e. The van der Waals surface area contributed by atoms with Gasteiger partial charge in [0.1, 0.15) is 11.5 Å². The first-order valence-electron chi connectivity index (χ1n) is 6.92. The molecule has 1 amide bonds. The summed E-state index contributed by atoms with van der Waals surface area (Å²) in [6.45, 7) is 5.29. The van der Waals surface area contributed by atoms with Crippen LogP contribution in [0.1, 0.15) is 40.8 Å². The molecule has 112 valence electrons. The minimum absolute atomic E-state index is 0.00618. The van der Waals surface area contributed by atoms with Gasteiger partial charge in [0, 0.05) is 18.5 Å². The summed E-state index contributed by atoms with van der Waals surface area (Å²) in [5.41, 5.74) is 0.617. The van der Waals surface area contributed by atoms with Crippen LogP contribution in [0.15, 0.2) is 38.1 Å². The molecule has 1 atom stereocenters. The van der Waals surface area contributed by atoms with Crippen molar-refractivity contribution >= 4 is 5.91 Å². The number of hydrogen-bond donors (Lipinski definition) is 1. The molecular formula is C16H19NO4. The molecule has 2 aromatic heterocycles. The molecule has 0 aromatic carbocycles. The maximum atomic E-state index is 12.3. The van der Waals surface area contributed by atoms with Gasteiger partial charge in [-0.2, -0.15) is 0 Å². The molecule has 2 rings (SSSR count). The molecule has 21 heavy (non-hydrogen) atoms. The summed E-state index contributed by atoms with van der Waals surface area (Å²) < 4.78 is 10.2. The topological polar surface area (TPSA) is 72.5 Å². The highest BCUT2D eigenvalue weighted by molar-refractivity contribution is 5.96. The highest BCUT2D eigenvalue weighted by Gasteiger charge is 2.17. The Bertz CT molecular complexity index is 644. The second-order valence-electron chi connectivity index (χ2n) is 5.17. The van der Waals surface area contributed by atoms with Gasteiger partial charge in [0.05, 0.1) is 11.8 Å². The van der Waals surface area contributed by atoms with Crippen LogP contribution in [0.5, 0.6) is 0 Å². The summed E-state index contributed by atoms with van der Waals surface area (Å²) in [4.78, 5) is 23.5. The van der Waals surface area contributed by atoms with Gasteiger partial charge in [-0.25, -0.2) is 4.79 Å². The van der Waals surface area contributed by atoms with Gasteiger partial charge < -0.3 is 14.2 Å². The zero-order valence-electron chi connectivity index (χ0n) is 12.4. The van der Waals surface area contributed by atoms with Gasteiger partial charge in [-0.05, 0) is 44.9 Å². The van der Waals surface area contributed by atoms with E-state index in [9.17, 15) is 9.59 Å². The van der Waals surface area contributed by atoms with Crippen molar-refractivity contribution in [3.8, 4) is 0 Å². The number of amides is 1. The normalized spacial score (nSPS) is 12.1. The molecule has 0 bridgehead atoms. The maximum absolute atomic E-state index is 12.3. The Kier molecular flexibility index (Phi) is 4.62. The standard InChI is InChI=1S/C16H19NO4/c1-10-9-14(18)21-12(3)15(10)16(19)17-11(2)6-7-13-5-4-8-20-13/h4-5,8-9,11H,6-7H2,1-3H3,(H,17,19)/t11-/m0/s1. The Morgan fingerprint density at radius 2 is 2.14 bits per heavy atom. The minimum Gasteiger partial charge on any atom is -0.469 e. The van der Waals surface area contributed by atoms with Crippen LogP contribution in [0.25, 0.3) is 0 Å². The first-order chi connectivity index (χ1) is 9.97. The van der Waals surface area contributed by atoms with Gasteiger partial charge in [-0.1, -0.05) is 0 Å². The highest BCUT2D eigenvalue weighted by Crippen LogP contribution is 2.12. The Balaban J connectivity index is 1.99. The lowest BCUT2D eigenvalue weighted by atomic mass is 10.1. The maximum Gasteiger partial charge on any atom is 0.336 e. The van der Waals surface area contributed by atoms with Crippen LogP contribution in [0.4, 0.5) is 0 Å². The van der Waals surface area contributed by atoms with E-state index < -0.39 is 5.63 Å². The number of furan rings is 1. The molecule has 2 aromatic rings. The fraction of sp³-hybridized carbons (Fsp3) is 0.375. The molecule has 5 heteroatoms. The van der Waals surface area contributed by atoms with Crippen LogP contribution in [0.3, 0.4) is 0 Å². The average Bonchev–Trinajstić information content (AvgIpc) is 2.88. The number of carbonyl (C=O) groups excluding carboxylic acids is 1. The predicted molar refractivity (Wildman–Crippen MR) is 78.4 cm³/mol. The molecule has 0 saturated heterocycles. The lowest BCUT2D eigenvalue weighted by molar-refractivity contribution is 0.0933. The zero-order chi connectivity index (χ0) is 15.4. The summed E-state index contributed by atoms with van der Waals surface area (Å²) in [5.74, 6) is 1.02. The molecule has 0 aliphatic carbocycles. The summed E-state index contributed by atoms with van der Waals surface area (Å²) in [6.07, 6.45) is 3.17. The predicted octanol–water partition coefficient (Wildman–Crippen LogP) is 2.60. The highest BCUT2D eigenvalue weighted by atomic mass is 16.4. The van der Waals surface area contributed by atoms with E-state index in [2.05, 4.69) is 5.32 Å². The van der Waals surface area contributed by atoms with Crippen molar-refractivity contribution in [3.63, 3.8) is 0 Å². The molecule has 0 aliphatic heterocycles. The van der Waals surface area contributed by atoms with E-state index in [0.717, 1.165) is 18.6 Å². The summed E-state index contributed by atoms with van der Waals surface area (Å²) in [7, 11) is 0. The van der Waals surface area contributed by atoms with E-state index in [0.29, 0.717) is 16.9 Å². The van der Waals surface area contributed by atoms with E-state index in [4.69, 9.17) is 8.83 Å². The van der Waals surface area contributed by atoms with Crippen molar-refractivity contribution in [1.82, 2.24) is 5.32 Å². The van der Waals surface area contributed by atoms with Crippen molar-refractivity contribution in [2.45, 2.75) is 39.7 Å². The van der Waals surface area contributed by atoms with Gasteiger partial charge in [-0.3, -0.25) is 4.79 Å². The number of aryl methyl sites for hydroxylation is 3. The molecule has 0 saturated carbocycles. The van der Waals surface area contributed by atoms with Crippen LogP contribution in [0.2, 0.25) is 0 Å². The van der Waals surface area contributed by atoms with Crippen molar-refractivity contribution in [2.75, 3.05) is 0 Å². The fourth-order valence-corrected chi connectivity index (χ4v) is 2.28. The Morgan fingerprint density at radius 1 is 1.38 bits per heavy atom. The molecule has 1 N–H and O–H groups in total. The van der Waals surface area contributed by atoms with Crippen LogP contribution in [0, 0.1) is 13.8 Å². The number of nitrogens with one attached hydrogen (secondary N) is 1. The number of carbonyl (C=O) groups is 1. The molecule has 0 unspecified atom stereocenters. The quantitative estimate of drug-likeness (QED) is 0.918. The molecule has 0 spiro atoms. The third-order valence-corrected chi connectivity index (χ3v) is 3.34. The molecular weight excluding hydrogens is 270 g/mol. The molecule has 0 fully saturated rings. The second kappa shape index (κ2) is 6.43. The van der Waals surface area contributed by atoms with Gasteiger partial charge in [0.15, 0.2) is 0 Å². The first-order valence-corrected chi connectivity index (χ1v) is 6.92. The van der Waals surface area contributed by atoms with E-state index in [-0.39, 0.29) is 11.9 Å². The van der Waals surface area contributed by atoms with Gasteiger partial charge >= 0.3 is 5.63 Å². The van der Waals surface area contributed by atoms with E-state index in [1.165, 1.54) is 6.07 Å². The monoisotopic (exact) mass is 289 g/mol. The Hall–Kier alpha value is -2.30. The third-order valence-electron chi connectivity index (χ3n) is 3.34. The van der Waals surface area contributed by atoms with E-state index in [1.807, 2.05) is 19.1 Å². The van der Waals surface area contributed by atoms with E-state index >= 15 is 0 Å². The van der Waals surface area contributed by atoms with Crippen LogP contribution < -0.4 is 10.9 Å². The van der Waals surface area contributed by atoms with Gasteiger partial charge in [0.2, 0.25) is 0 Å². The van der Waals surface area contributed by atoms with Crippen molar-refractivity contribution in [2.24, 2.45) is 0 Å². The third kappa shape index (κ3) is 3.84. The van der Waals surface area contributed by atoms with Crippen molar-refractivity contribution in [1.29, 1.82) is 0 Å². The molecule has 2 heterocycles. The lowest BCUT2D eigenvalue weighted by Gasteiger charge is -2.15. The fourth-order valence-electron chi connectivity index (χ4n) is 2.28. The van der Waals surface area contributed by atoms with Crippen LogP contribution >= 0.6 is 0 Å². The first kappa shape index (κ1) is 15.1. The second-order valence-corrected chi connectivity index (χ2v) is 5.17. The van der Waals surface area contributed by atoms with Gasteiger partial charge in [0.25, 0.3) is 5.91 Å². The summed E-state index contributed by atoms with van der Waals surface area (Å²) >= 11 is 0. The number of rotatable bonds is 5. The molecule has 5 nitrogen and oxygen atoms in total. The van der Waals surface area contributed by atoms with Crippen molar-refractivity contribution in [3.05, 3.63) is 57.5 Å². The SMILES string of the molecule is Cc1cc(=O)oc(C)c1C(=O)N[C@@H](C)CCc1ccco1. The van der Waals surface area contributed by atoms with Crippen LogP contribution in [-0.2, 0) is 6.42 Å². The van der Waals surface area contributed by atoms with E-state index in [1.54, 1.807) is 20.1 Å². The van der Waals surface area contributed by atoms with Crippen LogP contribution in [-0.4, -0.2) is 11.9 Å². The Labute approximate surface area is 123 Å². The van der Waals surface area contributed by atoms with Gasteiger partial charge in [-0.15, -0.1) is 0 Å². The molecule has 0 radical (unpaired) electrons. The Morgan fingerprint density at radius 3 is 2.76 bits per heavy atom. The zero-order valence-corrected chi connectivity index (χ0v) is 12.4. The summed E-state index contributed by atoms with van der Waals surface area (Å²) in [5, 5.41) is 2.92. The number of hydrogen-bond acceptors (Lipinski definition) is 4. The van der Waals surface area contributed by atoms with Crippen molar-refractivity contribution < 1.29 is 13.6 Å².